The molecule has 4 rings (SSSR count). The minimum Gasteiger partial charge on any atom is -0.322 e. The highest BCUT2D eigenvalue weighted by atomic mass is 32.2. The van der Waals surface area contributed by atoms with Crippen LogP contribution < -0.4 is 5.32 Å². The first kappa shape index (κ1) is 21.7. The van der Waals surface area contributed by atoms with Crippen molar-refractivity contribution in [1.82, 2.24) is 19.3 Å². The Morgan fingerprint density at radius 1 is 1.03 bits per heavy atom. The molecule has 0 unspecified atom stereocenters. The van der Waals surface area contributed by atoms with Gasteiger partial charge >= 0.3 is 0 Å². The number of carbonyl (C=O) groups is 1. The van der Waals surface area contributed by atoms with Gasteiger partial charge in [0.15, 0.2) is 5.16 Å². The van der Waals surface area contributed by atoms with E-state index in [9.17, 15) is 4.79 Å². The number of nitrogens with one attached hydrogen (secondary N) is 1. The molecule has 0 spiro atoms. The second-order valence-electron chi connectivity index (χ2n) is 8.50. The number of rotatable bonds is 6. The van der Waals surface area contributed by atoms with Crippen LogP contribution in [0.25, 0.3) is 5.69 Å². The third-order valence-electron chi connectivity index (χ3n) is 6.21. The van der Waals surface area contributed by atoms with Crippen molar-refractivity contribution in [1.29, 1.82) is 0 Å². The zero-order valence-corrected chi connectivity index (χ0v) is 19.8. The van der Waals surface area contributed by atoms with Crippen LogP contribution in [0.4, 0.5) is 5.69 Å². The van der Waals surface area contributed by atoms with Gasteiger partial charge in [-0.1, -0.05) is 42.3 Å². The first-order valence-electron chi connectivity index (χ1n) is 11.0. The average molecular weight is 438 g/mol. The Hall–Kier alpha value is -2.54. The summed E-state index contributed by atoms with van der Waals surface area (Å²) in [6.07, 6.45) is 4.95. The Bertz CT molecular complexity index is 1090. The summed E-state index contributed by atoms with van der Waals surface area (Å²) in [6.45, 7) is 10.2. The van der Waals surface area contributed by atoms with E-state index in [0.717, 1.165) is 33.6 Å². The predicted octanol–water partition coefficient (Wildman–Crippen LogP) is 5.46. The molecule has 1 amide bonds. The van der Waals surface area contributed by atoms with Crippen molar-refractivity contribution in [3.8, 4) is 5.69 Å². The van der Waals surface area contributed by atoms with Gasteiger partial charge in [0.25, 0.3) is 0 Å². The van der Waals surface area contributed by atoms with E-state index in [1.54, 1.807) is 0 Å². The van der Waals surface area contributed by atoms with Crippen LogP contribution in [0.15, 0.2) is 29.4 Å². The molecule has 1 N–H and O–H groups in total. The molecule has 0 aliphatic heterocycles. The highest BCUT2D eigenvalue weighted by molar-refractivity contribution is 7.99. The molecule has 31 heavy (non-hydrogen) atoms. The van der Waals surface area contributed by atoms with Gasteiger partial charge in [-0.05, 0) is 59.6 Å². The van der Waals surface area contributed by atoms with E-state index in [4.69, 9.17) is 4.98 Å². The highest BCUT2D eigenvalue weighted by Gasteiger charge is 2.24. The van der Waals surface area contributed by atoms with E-state index in [1.165, 1.54) is 48.7 Å². The van der Waals surface area contributed by atoms with Crippen LogP contribution in [0, 0.1) is 34.6 Å². The van der Waals surface area contributed by atoms with E-state index >= 15 is 0 Å². The summed E-state index contributed by atoms with van der Waals surface area (Å²) in [5, 5.41) is 8.68. The number of nitrogens with zero attached hydrogens (tertiary/aromatic N) is 4. The summed E-state index contributed by atoms with van der Waals surface area (Å²) in [6, 6.07) is 8.74. The molecular weight excluding hydrogens is 406 g/mol. The van der Waals surface area contributed by atoms with Gasteiger partial charge < -0.3 is 9.88 Å². The highest BCUT2D eigenvalue weighted by Crippen LogP contribution is 2.35. The average Bonchev–Trinajstić information content (AvgIpc) is 3.43. The number of hydrogen-bond acceptors (Lipinski definition) is 4. The minimum atomic E-state index is -0.0315. The number of carbonyl (C=O) groups excluding carboxylic acids is 1. The lowest BCUT2D eigenvalue weighted by molar-refractivity contribution is -0.113. The molecule has 0 atom stereocenters. The Labute approximate surface area is 188 Å². The summed E-state index contributed by atoms with van der Waals surface area (Å²) in [5.74, 6) is 0.299. The van der Waals surface area contributed by atoms with Crippen molar-refractivity contribution in [3.63, 3.8) is 0 Å². The van der Waals surface area contributed by atoms with Crippen LogP contribution in [0.3, 0.4) is 0 Å². The second kappa shape index (κ2) is 8.91. The van der Waals surface area contributed by atoms with Gasteiger partial charge in [0.05, 0.1) is 34.2 Å². The Balaban J connectivity index is 1.47. The van der Waals surface area contributed by atoms with Gasteiger partial charge in [-0.15, -0.1) is 0 Å². The quantitative estimate of drug-likeness (QED) is 0.520. The van der Waals surface area contributed by atoms with Crippen LogP contribution in [0.1, 0.15) is 60.1 Å². The Morgan fingerprint density at radius 3 is 2.39 bits per heavy atom. The number of thioether (sulfide) groups is 1. The summed E-state index contributed by atoms with van der Waals surface area (Å²) in [4.78, 5) is 17.5. The van der Waals surface area contributed by atoms with Crippen molar-refractivity contribution in [2.45, 2.75) is 71.5 Å². The molecular formula is C24H31N5OS. The van der Waals surface area contributed by atoms with Gasteiger partial charge in [0.1, 0.15) is 0 Å². The van der Waals surface area contributed by atoms with Crippen LogP contribution in [-0.4, -0.2) is 31.0 Å². The summed E-state index contributed by atoms with van der Waals surface area (Å²) >= 11 is 1.53. The molecule has 0 bridgehead atoms. The molecule has 1 aliphatic rings. The minimum absolute atomic E-state index is 0.0315. The lowest BCUT2D eigenvalue weighted by Crippen LogP contribution is -2.16. The summed E-state index contributed by atoms with van der Waals surface area (Å²) in [7, 11) is 0. The fraction of sp³-hybridized carbons (Fsp3) is 0.458. The second-order valence-corrected chi connectivity index (χ2v) is 9.45. The Morgan fingerprint density at radius 2 is 1.71 bits per heavy atom. The van der Waals surface area contributed by atoms with Crippen molar-refractivity contribution in [2.24, 2.45) is 0 Å². The lowest BCUT2D eigenvalue weighted by Gasteiger charge is -2.17. The lowest BCUT2D eigenvalue weighted by atomic mass is 10.2. The molecule has 3 aromatic rings. The fourth-order valence-corrected chi connectivity index (χ4v) is 5.32. The number of aryl methyl sites for hydroxylation is 3. The third kappa shape index (κ3) is 4.42. The third-order valence-corrected chi connectivity index (χ3v) is 7.16. The van der Waals surface area contributed by atoms with E-state index < -0.39 is 0 Å². The van der Waals surface area contributed by atoms with Crippen LogP contribution >= 0.6 is 11.8 Å². The van der Waals surface area contributed by atoms with Gasteiger partial charge in [-0.2, -0.15) is 5.10 Å². The van der Waals surface area contributed by atoms with Gasteiger partial charge in [-0.25, -0.2) is 9.67 Å². The largest absolute Gasteiger partial charge is 0.322 e. The number of benzene rings is 1. The number of hydrogen-bond donors (Lipinski definition) is 1. The molecule has 1 aliphatic carbocycles. The monoisotopic (exact) mass is 437 g/mol. The van der Waals surface area contributed by atoms with Gasteiger partial charge in [-0.3, -0.25) is 4.79 Å². The first-order valence-corrected chi connectivity index (χ1v) is 11.9. The normalized spacial score (nSPS) is 14.4. The topological polar surface area (TPSA) is 64.7 Å². The van der Waals surface area contributed by atoms with E-state index in [-0.39, 0.29) is 5.91 Å². The van der Waals surface area contributed by atoms with Crippen LogP contribution in [-0.2, 0) is 4.79 Å². The zero-order chi connectivity index (χ0) is 22.1. The smallest absolute Gasteiger partial charge is 0.234 e. The fourth-order valence-electron chi connectivity index (χ4n) is 4.36. The standard InChI is InChI=1S/C24H31N5OS/c1-15-10-12-21(13-11-15)29-19(5)23(17(3)27-29)26-22(30)14-31-24-25-16(2)18(4)28(24)20-8-6-7-9-20/h10-13,20H,6-9,14H2,1-5H3,(H,26,30). The number of anilines is 1. The van der Waals surface area contributed by atoms with Crippen LogP contribution in [0.5, 0.6) is 0 Å². The zero-order valence-electron chi connectivity index (χ0n) is 19.0. The molecule has 164 valence electrons. The first-order chi connectivity index (χ1) is 14.8. The molecule has 1 fully saturated rings. The van der Waals surface area contributed by atoms with Gasteiger partial charge in [0, 0.05) is 11.7 Å². The molecule has 0 radical (unpaired) electrons. The molecule has 7 heteroatoms. The SMILES string of the molecule is Cc1ccc(-n2nc(C)c(NC(=O)CSc3nc(C)c(C)n3C3CCCC3)c2C)cc1. The van der Waals surface area contributed by atoms with Crippen molar-refractivity contribution < 1.29 is 4.79 Å². The van der Waals surface area contributed by atoms with Gasteiger partial charge in [0.2, 0.25) is 5.91 Å². The van der Waals surface area contributed by atoms with E-state index in [0.29, 0.717) is 11.8 Å². The molecule has 6 nitrogen and oxygen atoms in total. The van der Waals surface area contributed by atoms with E-state index in [1.807, 2.05) is 30.7 Å². The summed E-state index contributed by atoms with van der Waals surface area (Å²) in [5.41, 5.74) is 7.01. The predicted molar refractivity (Wildman–Crippen MR) is 126 cm³/mol. The molecule has 2 heterocycles. The summed E-state index contributed by atoms with van der Waals surface area (Å²) < 4.78 is 4.24. The number of amides is 1. The molecule has 0 saturated heterocycles. The number of aromatic nitrogens is 4. The van der Waals surface area contributed by atoms with Crippen molar-refractivity contribution in [2.75, 3.05) is 11.1 Å². The number of imidazole rings is 1. The Kier molecular flexibility index (Phi) is 6.23. The van der Waals surface area contributed by atoms with E-state index in [2.05, 4.69) is 47.9 Å². The maximum absolute atomic E-state index is 12.8. The maximum atomic E-state index is 12.8. The molecule has 1 aromatic carbocycles. The van der Waals surface area contributed by atoms with Crippen molar-refractivity contribution in [3.05, 3.63) is 52.6 Å². The van der Waals surface area contributed by atoms with Crippen molar-refractivity contribution >= 4 is 23.4 Å². The van der Waals surface area contributed by atoms with Crippen LogP contribution in [0.2, 0.25) is 0 Å². The molecule has 1 saturated carbocycles. The molecule has 2 aromatic heterocycles. The maximum Gasteiger partial charge on any atom is 0.234 e.